The summed E-state index contributed by atoms with van der Waals surface area (Å²) in [5, 5.41) is 9.07. The molecular weight excluding hydrogens is 314 g/mol. The molecule has 2 aromatic heterocycles. The zero-order valence-corrected chi connectivity index (χ0v) is 15.8. The molecule has 136 valence electrons. The molecule has 1 fully saturated rings. The minimum atomic E-state index is 0.430. The highest BCUT2D eigenvalue weighted by atomic mass is 15.4. The van der Waals surface area contributed by atoms with Gasteiger partial charge in [-0.3, -0.25) is 4.57 Å². The molecule has 1 aliphatic rings. The molecule has 0 aromatic carbocycles. The molecule has 1 unspecified atom stereocenters. The van der Waals surface area contributed by atoms with Crippen LogP contribution in [0.4, 0.5) is 11.9 Å². The first kappa shape index (κ1) is 17.6. The maximum Gasteiger partial charge on any atom is 0.227 e. The molecule has 0 spiro atoms. The van der Waals surface area contributed by atoms with Crippen LogP contribution in [-0.2, 0) is 6.54 Å². The molecule has 0 radical (unpaired) electrons. The Morgan fingerprint density at radius 1 is 0.960 bits per heavy atom. The summed E-state index contributed by atoms with van der Waals surface area (Å²) in [7, 11) is 0. The maximum atomic E-state index is 4.55. The van der Waals surface area contributed by atoms with Crippen molar-refractivity contribution < 1.29 is 0 Å². The predicted molar refractivity (Wildman–Crippen MR) is 100 cm³/mol. The van der Waals surface area contributed by atoms with E-state index in [9.17, 15) is 0 Å². The Kier molecular flexibility index (Phi) is 5.50. The molecule has 7 nitrogen and oxygen atoms in total. The fourth-order valence-corrected chi connectivity index (χ4v) is 3.19. The zero-order valence-electron chi connectivity index (χ0n) is 15.8. The molecule has 0 amide bonds. The van der Waals surface area contributed by atoms with Crippen LogP contribution >= 0.6 is 0 Å². The summed E-state index contributed by atoms with van der Waals surface area (Å²) in [6.07, 6.45) is 4.67. The van der Waals surface area contributed by atoms with Crippen LogP contribution in [0.25, 0.3) is 0 Å². The molecule has 2 aromatic rings. The molecule has 0 N–H and O–H groups in total. The van der Waals surface area contributed by atoms with Gasteiger partial charge < -0.3 is 9.80 Å². The van der Waals surface area contributed by atoms with Crippen LogP contribution in [0.1, 0.15) is 45.9 Å². The molecule has 3 heterocycles. The lowest BCUT2D eigenvalue weighted by Crippen LogP contribution is -2.48. The van der Waals surface area contributed by atoms with E-state index in [0.717, 1.165) is 56.9 Å². The lowest BCUT2D eigenvalue weighted by Gasteiger charge is -2.35. The summed E-state index contributed by atoms with van der Waals surface area (Å²) in [4.78, 5) is 13.3. The Labute approximate surface area is 150 Å². The first-order valence-corrected chi connectivity index (χ1v) is 9.30. The number of rotatable bonds is 6. The van der Waals surface area contributed by atoms with Gasteiger partial charge in [0.25, 0.3) is 0 Å². The average Bonchev–Trinajstić information content (AvgIpc) is 3.05. The minimum Gasteiger partial charge on any atom is -0.337 e. The first-order valence-electron chi connectivity index (χ1n) is 9.30. The van der Waals surface area contributed by atoms with Crippen LogP contribution in [0.2, 0.25) is 0 Å². The Bertz CT molecular complexity index is 659. The topological polar surface area (TPSA) is 63.0 Å². The van der Waals surface area contributed by atoms with Crippen LogP contribution < -0.4 is 9.80 Å². The van der Waals surface area contributed by atoms with Crippen LogP contribution in [0, 0.1) is 5.92 Å². The van der Waals surface area contributed by atoms with E-state index in [1.54, 1.807) is 12.4 Å². The van der Waals surface area contributed by atoms with E-state index in [2.05, 4.69) is 62.2 Å². The number of hydrogen-bond acceptors (Lipinski definition) is 6. The Morgan fingerprint density at radius 2 is 1.60 bits per heavy atom. The van der Waals surface area contributed by atoms with E-state index in [1.165, 1.54) is 0 Å². The van der Waals surface area contributed by atoms with E-state index in [0.29, 0.717) is 11.8 Å². The number of hydrogen-bond donors (Lipinski definition) is 0. The van der Waals surface area contributed by atoms with Crippen LogP contribution in [0.15, 0.2) is 18.5 Å². The van der Waals surface area contributed by atoms with Gasteiger partial charge in [-0.15, -0.1) is 10.2 Å². The van der Waals surface area contributed by atoms with Gasteiger partial charge in [-0.05, 0) is 18.4 Å². The van der Waals surface area contributed by atoms with Crippen molar-refractivity contribution in [2.45, 2.75) is 46.6 Å². The van der Waals surface area contributed by atoms with Crippen molar-refractivity contribution in [2.75, 3.05) is 36.0 Å². The smallest absolute Gasteiger partial charge is 0.227 e. The van der Waals surface area contributed by atoms with Gasteiger partial charge in [-0.25, -0.2) is 9.97 Å². The minimum absolute atomic E-state index is 0.430. The van der Waals surface area contributed by atoms with Gasteiger partial charge in [0.1, 0.15) is 5.82 Å². The molecule has 0 bridgehead atoms. The van der Waals surface area contributed by atoms with E-state index in [1.807, 2.05) is 6.07 Å². The van der Waals surface area contributed by atoms with E-state index >= 15 is 0 Å². The summed E-state index contributed by atoms with van der Waals surface area (Å²) in [6, 6.07) is 1.85. The molecule has 0 saturated carbocycles. The number of piperazine rings is 1. The zero-order chi connectivity index (χ0) is 17.8. The third kappa shape index (κ3) is 3.91. The molecule has 7 heteroatoms. The normalized spacial score (nSPS) is 16.5. The van der Waals surface area contributed by atoms with Crippen molar-refractivity contribution in [3.8, 4) is 0 Å². The standard InChI is InChI=1S/C18H29N7/c1-5-15(4)16-21-22-18(25(16)13-14(2)3)24-11-9-23(10-12-24)17-19-7-6-8-20-17/h6-8,14-15H,5,9-13H2,1-4H3. The second-order valence-electron chi connectivity index (χ2n) is 7.19. The second kappa shape index (κ2) is 7.80. The van der Waals surface area contributed by atoms with Crippen molar-refractivity contribution in [3.05, 3.63) is 24.3 Å². The van der Waals surface area contributed by atoms with Crippen molar-refractivity contribution in [1.29, 1.82) is 0 Å². The fraction of sp³-hybridized carbons (Fsp3) is 0.667. The molecule has 1 atom stereocenters. The van der Waals surface area contributed by atoms with Gasteiger partial charge in [0.05, 0.1) is 0 Å². The highest BCUT2D eigenvalue weighted by Crippen LogP contribution is 2.24. The van der Waals surface area contributed by atoms with Crippen molar-refractivity contribution in [1.82, 2.24) is 24.7 Å². The van der Waals surface area contributed by atoms with Crippen molar-refractivity contribution in [3.63, 3.8) is 0 Å². The van der Waals surface area contributed by atoms with Gasteiger partial charge in [0, 0.05) is 51.0 Å². The van der Waals surface area contributed by atoms with Gasteiger partial charge >= 0.3 is 0 Å². The second-order valence-corrected chi connectivity index (χ2v) is 7.19. The monoisotopic (exact) mass is 343 g/mol. The number of anilines is 2. The summed E-state index contributed by atoms with van der Waals surface area (Å²) < 4.78 is 2.33. The Morgan fingerprint density at radius 3 is 2.20 bits per heavy atom. The summed E-state index contributed by atoms with van der Waals surface area (Å²) in [5.74, 6) is 3.93. The van der Waals surface area contributed by atoms with E-state index in [4.69, 9.17) is 0 Å². The third-order valence-electron chi connectivity index (χ3n) is 4.76. The lowest BCUT2D eigenvalue weighted by molar-refractivity contribution is 0.483. The van der Waals surface area contributed by atoms with E-state index < -0.39 is 0 Å². The van der Waals surface area contributed by atoms with Gasteiger partial charge in [0.15, 0.2) is 0 Å². The predicted octanol–water partition coefficient (Wildman–Crippen LogP) is 2.56. The summed E-state index contributed by atoms with van der Waals surface area (Å²) >= 11 is 0. The van der Waals surface area contributed by atoms with Crippen LogP contribution in [0.3, 0.4) is 0 Å². The first-order chi connectivity index (χ1) is 12.1. The number of nitrogens with zero attached hydrogens (tertiary/aromatic N) is 7. The molecular formula is C18H29N7. The summed E-state index contributed by atoms with van der Waals surface area (Å²) in [5.41, 5.74) is 0. The SMILES string of the molecule is CCC(C)c1nnc(N2CCN(c3ncccn3)CC2)n1CC(C)C. The number of aromatic nitrogens is 5. The van der Waals surface area contributed by atoms with E-state index in [-0.39, 0.29) is 0 Å². The molecule has 3 rings (SSSR count). The maximum absolute atomic E-state index is 4.55. The molecule has 1 aliphatic heterocycles. The van der Waals surface area contributed by atoms with Gasteiger partial charge in [-0.2, -0.15) is 0 Å². The van der Waals surface area contributed by atoms with Gasteiger partial charge in [-0.1, -0.05) is 27.7 Å². The summed E-state index contributed by atoms with van der Waals surface area (Å²) in [6.45, 7) is 13.5. The quantitative estimate of drug-likeness (QED) is 0.803. The molecule has 1 saturated heterocycles. The van der Waals surface area contributed by atoms with Crippen molar-refractivity contribution in [2.24, 2.45) is 5.92 Å². The largest absolute Gasteiger partial charge is 0.337 e. The Balaban J connectivity index is 1.75. The fourth-order valence-electron chi connectivity index (χ4n) is 3.19. The average molecular weight is 343 g/mol. The highest BCUT2D eigenvalue weighted by molar-refractivity contribution is 5.38. The Hall–Kier alpha value is -2.18. The van der Waals surface area contributed by atoms with Crippen molar-refractivity contribution >= 4 is 11.9 Å². The highest BCUT2D eigenvalue weighted by Gasteiger charge is 2.25. The van der Waals surface area contributed by atoms with Crippen LogP contribution in [0.5, 0.6) is 0 Å². The lowest BCUT2D eigenvalue weighted by atomic mass is 10.1. The third-order valence-corrected chi connectivity index (χ3v) is 4.76. The van der Waals surface area contributed by atoms with Crippen LogP contribution in [-0.4, -0.2) is 50.9 Å². The molecule has 0 aliphatic carbocycles. The van der Waals surface area contributed by atoms with Gasteiger partial charge in [0.2, 0.25) is 11.9 Å². The molecule has 25 heavy (non-hydrogen) atoms.